The number of carbonyl (C=O) groups excluding carboxylic acids is 1. The number of aromatic nitrogens is 1. The molecule has 0 fully saturated rings. The number of aliphatic carboxylic acids is 1. The van der Waals surface area contributed by atoms with E-state index in [0.29, 0.717) is 5.76 Å². The van der Waals surface area contributed by atoms with Crippen LogP contribution in [0.25, 0.3) is 0 Å². The van der Waals surface area contributed by atoms with Gasteiger partial charge in [0.25, 0.3) is 5.91 Å². The number of rotatable bonds is 4. The number of amides is 1. The van der Waals surface area contributed by atoms with Crippen molar-refractivity contribution >= 4 is 11.9 Å². The van der Waals surface area contributed by atoms with Crippen molar-refractivity contribution in [1.29, 1.82) is 0 Å². The summed E-state index contributed by atoms with van der Waals surface area (Å²) in [5.74, 6) is -0.739. The fourth-order valence-electron chi connectivity index (χ4n) is 1.24. The highest BCUT2D eigenvalue weighted by Crippen LogP contribution is 2.09. The second kappa shape index (κ2) is 4.78. The fraction of sp³-hybridized carbons (Fsp3) is 0.500. The van der Waals surface area contributed by atoms with Crippen LogP contribution in [0.3, 0.4) is 0 Å². The van der Waals surface area contributed by atoms with Gasteiger partial charge in [0.1, 0.15) is 5.76 Å². The Labute approximate surface area is 92.8 Å². The van der Waals surface area contributed by atoms with E-state index >= 15 is 0 Å². The van der Waals surface area contributed by atoms with Gasteiger partial charge in [-0.3, -0.25) is 9.59 Å². The molecule has 0 saturated heterocycles. The number of nitrogens with zero attached hydrogens (tertiary/aromatic N) is 2. The average molecular weight is 226 g/mol. The first kappa shape index (κ1) is 12.2. The zero-order valence-corrected chi connectivity index (χ0v) is 9.43. The van der Waals surface area contributed by atoms with E-state index in [1.165, 1.54) is 11.0 Å². The first-order valence-corrected chi connectivity index (χ1v) is 4.84. The van der Waals surface area contributed by atoms with E-state index in [4.69, 9.17) is 9.63 Å². The van der Waals surface area contributed by atoms with Crippen molar-refractivity contribution in [3.05, 3.63) is 17.5 Å². The summed E-state index contributed by atoms with van der Waals surface area (Å²) in [6.45, 7) is 3.35. The minimum Gasteiger partial charge on any atom is -0.481 e. The van der Waals surface area contributed by atoms with Crippen LogP contribution in [-0.4, -0.2) is 40.1 Å². The summed E-state index contributed by atoms with van der Waals surface area (Å²) >= 11 is 0. The minimum atomic E-state index is -0.941. The maximum atomic E-state index is 11.8. The summed E-state index contributed by atoms with van der Waals surface area (Å²) in [6, 6.07) is 1.13. The van der Waals surface area contributed by atoms with Gasteiger partial charge < -0.3 is 14.5 Å². The van der Waals surface area contributed by atoms with Crippen LogP contribution in [0.15, 0.2) is 10.6 Å². The van der Waals surface area contributed by atoms with Crippen molar-refractivity contribution in [2.24, 2.45) is 0 Å². The minimum absolute atomic E-state index is 0.0981. The molecule has 0 spiro atoms. The molecule has 0 radical (unpaired) electrons. The van der Waals surface area contributed by atoms with Gasteiger partial charge in [0, 0.05) is 19.2 Å². The SMILES string of the molecule is Cc1cc(C(=O)N(C)C(C)CC(=O)O)no1. The summed E-state index contributed by atoms with van der Waals surface area (Å²) in [5, 5.41) is 12.2. The lowest BCUT2D eigenvalue weighted by molar-refractivity contribution is -0.137. The third kappa shape index (κ3) is 2.82. The van der Waals surface area contributed by atoms with Crippen LogP contribution >= 0.6 is 0 Å². The summed E-state index contributed by atoms with van der Waals surface area (Å²) in [4.78, 5) is 23.6. The van der Waals surface area contributed by atoms with E-state index in [-0.39, 0.29) is 24.1 Å². The van der Waals surface area contributed by atoms with Crippen LogP contribution in [0.2, 0.25) is 0 Å². The highest BCUT2D eigenvalue weighted by Gasteiger charge is 2.21. The molecule has 1 amide bonds. The van der Waals surface area contributed by atoms with Crippen molar-refractivity contribution in [1.82, 2.24) is 10.1 Å². The molecule has 1 N–H and O–H groups in total. The van der Waals surface area contributed by atoms with Gasteiger partial charge in [-0.05, 0) is 13.8 Å². The van der Waals surface area contributed by atoms with Crippen molar-refractivity contribution in [3.8, 4) is 0 Å². The number of hydrogen-bond acceptors (Lipinski definition) is 4. The van der Waals surface area contributed by atoms with E-state index < -0.39 is 5.97 Å². The Kier molecular flexibility index (Phi) is 3.65. The first-order valence-electron chi connectivity index (χ1n) is 4.84. The van der Waals surface area contributed by atoms with Crippen LogP contribution in [0.4, 0.5) is 0 Å². The van der Waals surface area contributed by atoms with E-state index in [1.807, 2.05) is 0 Å². The van der Waals surface area contributed by atoms with Gasteiger partial charge in [0.2, 0.25) is 0 Å². The highest BCUT2D eigenvalue weighted by molar-refractivity contribution is 5.92. The van der Waals surface area contributed by atoms with Gasteiger partial charge >= 0.3 is 5.97 Å². The lowest BCUT2D eigenvalue weighted by Gasteiger charge is -2.22. The molecule has 1 unspecified atom stereocenters. The Balaban J connectivity index is 2.70. The summed E-state index contributed by atoms with van der Waals surface area (Å²) < 4.78 is 4.78. The van der Waals surface area contributed by atoms with Crippen LogP contribution in [0.1, 0.15) is 29.6 Å². The number of aryl methyl sites for hydroxylation is 1. The zero-order chi connectivity index (χ0) is 12.3. The van der Waals surface area contributed by atoms with Crippen LogP contribution < -0.4 is 0 Å². The predicted molar refractivity (Wildman–Crippen MR) is 55.0 cm³/mol. The molecule has 0 saturated carbocycles. The van der Waals surface area contributed by atoms with Gasteiger partial charge in [0.15, 0.2) is 5.69 Å². The van der Waals surface area contributed by atoms with Crippen molar-refractivity contribution in [2.75, 3.05) is 7.05 Å². The normalized spacial score (nSPS) is 12.2. The first-order chi connectivity index (χ1) is 7.41. The molecule has 1 rings (SSSR count). The molecule has 1 heterocycles. The molecule has 0 aromatic carbocycles. The molecule has 6 heteroatoms. The lowest BCUT2D eigenvalue weighted by Crippen LogP contribution is -2.36. The molecule has 88 valence electrons. The van der Waals surface area contributed by atoms with E-state index in [0.717, 1.165) is 0 Å². The van der Waals surface area contributed by atoms with Gasteiger partial charge in [0.05, 0.1) is 6.42 Å². The van der Waals surface area contributed by atoms with Gasteiger partial charge in [-0.25, -0.2) is 0 Å². The number of hydrogen-bond donors (Lipinski definition) is 1. The lowest BCUT2D eigenvalue weighted by atomic mass is 10.2. The fourth-order valence-corrected chi connectivity index (χ4v) is 1.24. The van der Waals surface area contributed by atoms with E-state index in [1.54, 1.807) is 20.9 Å². The van der Waals surface area contributed by atoms with E-state index in [9.17, 15) is 9.59 Å². The second-order valence-corrected chi connectivity index (χ2v) is 3.69. The summed E-state index contributed by atoms with van der Waals surface area (Å²) in [7, 11) is 1.54. The molecule has 16 heavy (non-hydrogen) atoms. The topological polar surface area (TPSA) is 83.6 Å². The molecule has 0 aliphatic heterocycles. The number of carboxylic acids is 1. The smallest absolute Gasteiger partial charge is 0.305 e. The van der Waals surface area contributed by atoms with E-state index in [2.05, 4.69) is 5.16 Å². The molecule has 0 bridgehead atoms. The number of carboxylic acid groups (broad SMARTS) is 1. The Bertz CT molecular complexity index is 399. The van der Waals surface area contributed by atoms with Crippen molar-refractivity contribution in [2.45, 2.75) is 26.3 Å². The van der Waals surface area contributed by atoms with Crippen molar-refractivity contribution in [3.63, 3.8) is 0 Å². The van der Waals surface area contributed by atoms with Crippen molar-refractivity contribution < 1.29 is 19.2 Å². The van der Waals surface area contributed by atoms with Crippen LogP contribution in [0, 0.1) is 6.92 Å². The van der Waals surface area contributed by atoms with Gasteiger partial charge in [-0.1, -0.05) is 5.16 Å². The largest absolute Gasteiger partial charge is 0.481 e. The Morgan fingerprint density at radius 1 is 1.62 bits per heavy atom. The quantitative estimate of drug-likeness (QED) is 0.825. The van der Waals surface area contributed by atoms with Gasteiger partial charge in [-0.15, -0.1) is 0 Å². The third-order valence-corrected chi connectivity index (χ3v) is 2.30. The van der Waals surface area contributed by atoms with Crippen LogP contribution in [0.5, 0.6) is 0 Å². The summed E-state index contributed by atoms with van der Waals surface area (Å²) in [5.41, 5.74) is 0.192. The molecule has 6 nitrogen and oxygen atoms in total. The molecular formula is C10H14N2O4. The standard InChI is InChI=1S/C10H14N2O4/c1-6(4-9(13)14)12(3)10(15)8-5-7(2)16-11-8/h5-6H,4H2,1-3H3,(H,13,14). The Morgan fingerprint density at radius 3 is 2.69 bits per heavy atom. The molecule has 1 aromatic heterocycles. The molecule has 1 aromatic rings. The average Bonchev–Trinajstić information content (AvgIpc) is 2.61. The molecule has 0 aliphatic carbocycles. The molecule has 0 aliphatic rings. The maximum Gasteiger partial charge on any atom is 0.305 e. The monoisotopic (exact) mass is 226 g/mol. The number of carbonyl (C=O) groups is 2. The molecule has 1 atom stereocenters. The highest BCUT2D eigenvalue weighted by atomic mass is 16.5. The van der Waals surface area contributed by atoms with Crippen LogP contribution in [-0.2, 0) is 4.79 Å². The zero-order valence-electron chi connectivity index (χ0n) is 9.43. The Hall–Kier alpha value is -1.85. The predicted octanol–water partition coefficient (Wildman–Crippen LogP) is 0.918. The molecular weight excluding hydrogens is 212 g/mol. The second-order valence-electron chi connectivity index (χ2n) is 3.69. The third-order valence-electron chi connectivity index (χ3n) is 2.30. The maximum absolute atomic E-state index is 11.8. The summed E-state index contributed by atoms with van der Waals surface area (Å²) in [6.07, 6.45) is -0.0981. The Morgan fingerprint density at radius 2 is 2.25 bits per heavy atom. The van der Waals surface area contributed by atoms with Gasteiger partial charge in [-0.2, -0.15) is 0 Å².